The molecule has 3 N–H and O–H groups in total. The van der Waals surface area contributed by atoms with Gasteiger partial charge in [0.15, 0.2) is 0 Å². The summed E-state index contributed by atoms with van der Waals surface area (Å²) in [6.07, 6.45) is 1.59. The highest BCUT2D eigenvalue weighted by Gasteiger charge is 2.22. The zero-order valence-electron chi connectivity index (χ0n) is 10.1. The first-order chi connectivity index (χ1) is 8.13. The number of rotatable bonds is 6. The van der Waals surface area contributed by atoms with Crippen molar-refractivity contribution in [3.8, 4) is 0 Å². The van der Waals surface area contributed by atoms with Crippen molar-refractivity contribution >= 4 is 23.6 Å². The Morgan fingerprint density at radius 2 is 2.35 bits per heavy atom. The van der Waals surface area contributed by atoms with E-state index in [1.165, 1.54) is 0 Å². The molecule has 0 bridgehead atoms. The van der Waals surface area contributed by atoms with E-state index in [4.69, 9.17) is 5.11 Å². The van der Waals surface area contributed by atoms with E-state index in [0.29, 0.717) is 12.8 Å². The molecule has 1 saturated heterocycles. The lowest BCUT2D eigenvalue weighted by Gasteiger charge is -2.23. The van der Waals surface area contributed by atoms with Gasteiger partial charge in [0, 0.05) is 30.5 Å². The normalized spacial score (nSPS) is 21.8. The van der Waals surface area contributed by atoms with Gasteiger partial charge in [0.25, 0.3) is 0 Å². The molecular weight excluding hydrogens is 240 g/mol. The van der Waals surface area contributed by atoms with Crippen LogP contribution in [0.2, 0.25) is 0 Å². The predicted molar refractivity (Wildman–Crippen MR) is 68.2 cm³/mol. The monoisotopic (exact) mass is 260 g/mol. The van der Waals surface area contributed by atoms with Gasteiger partial charge in [0.05, 0.1) is 0 Å². The van der Waals surface area contributed by atoms with Crippen LogP contribution in [0.15, 0.2) is 0 Å². The fourth-order valence-electron chi connectivity index (χ4n) is 1.77. The van der Waals surface area contributed by atoms with Crippen LogP contribution in [0.25, 0.3) is 0 Å². The van der Waals surface area contributed by atoms with Gasteiger partial charge in [-0.1, -0.05) is 13.3 Å². The van der Waals surface area contributed by atoms with Gasteiger partial charge >= 0.3 is 5.97 Å². The Morgan fingerprint density at radius 3 is 2.88 bits per heavy atom. The first kappa shape index (κ1) is 14.3. The molecule has 1 amide bonds. The molecule has 0 aromatic heterocycles. The molecule has 0 aromatic rings. The third-order valence-electron chi connectivity index (χ3n) is 2.64. The number of carboxylic acid groups (broad SMARTS) is 1. The molecule has 0 spiro atoms. The topological polar surface area (TPSA) is 78.4 Å². The van der Waals surface area contributed by atoms with Crippen LogP contribution in [-0.4, -0.2) is 47.1 Å². The first-order valence-electron chi connectivity index (χ1n) is 5.96. The van der Waals surface area contributed by atoms with Crippen molar-refractivity contribution in [2.45, 2.75) is 38.3 Å². The molecule has 0 aliphatic carbocycles. The highest BCUT2D eigenvalue weighted by atomic mass is 32.2. The standard InChI is InChI=1S/C11H20N2O3S/c1-2-3-9(11(15)16)13-10(14)6-8-7-17-5-4-12-8/h8-9,12H,2-7H2,1H3,(H,13,14)(H,15,16). The lowest BCUT2D eigenvalue weighted by molar-refractivity contribution is -0.142. The summed E-state index contributed by atoms with van der Waals surface area (Å²) in [5.74, 6) is 0.863. The van der Waals surface area contributed by atoms with Crippen LogP contribution in [0.4, 0.5) is 0 Å². The molecule has 1 aliphatic heterocycles. The Bertz CT molecular complexity index is 267. The number of thioether (sulfide) groups is 1. The molecule has 0 saturated carbocycles. The second-order valence-electron chi connectivity index (χ2n) is 4.18. The van der Waals surface area contributed by atoms with Crippen molar-refractivity contribution in [2.75, 3.05) is 18.1 Å². The lowest BCUT2D eigenvalue weighted by atomic mass is 10.1. The number of hydrogen-bond acceptors (Lipinski definition) is 4. The van der Waals surface area contributed by atoms with Crippen molar-refractivity contribution in [1.82, 2.24) is 10.6 Å². The summed E-state index contributed by atoms with van der Waals surface area (Å²) in [4.78, 5) is 22.6. The van der Waals surface area contributed by atoms with Crippen LogP contribution in [0.3, 0.4) is 0 Å². The number of amides is 1. The van der Waals surface area contributed by atoms with E-state index in [2.05, 4.69) is 10.6 Å². The van der Waals surface area contributed by atoms with Gasteiger partial charge in [-0.05, 0) is 6.42 Å². The van der Waals surface area contributed by atoms with Gasteiger partial charge in [-0.15, -0.1) is 0 Å². The summed E-state index contributed by atoms with van der Waals surface area (Å²) in [5, 5.41) is 14.8. The number of carboxylic acids is 1. The van der Waals surface area contributed by atoms with Crippen molar-refractivity contribution < 1.29 is 14.7 Å². The van der Waals surface area contributed by atoms with Gasteiger partial charge in [0.2, 0.25) is 5.91 Å². The summed E-state index contributed by atoms with van der Waals surface area (Å²) in [7, 11) is 0. The van der Waals surface area contributed by atoms with Crippen LogP contribution >= 0.6 is 11.8 Å². The van der Waals surface area contributed by atoms with E-state index in [0.717, 1.165) is 24.5 Å². The molecule has 1 aliphatic rings. The molecule has 2 unspecified atom stereocenters. The molecule has 0 aromatic carbocycles. The Morgan fingerprint density at radius 1 is 1.59 bits per heavy atom. The van der Waals surface area contributed by atoms with Crippen molar-refractivity contribution in [3.63, 3.8) is 0 Å². The summed E-state index contributed by atoms with van der Waals surface area (Å²) in [6, 6.07) is -0.575. The van der Waals surface area contributed by atoms with E-state index in [9.17, 15) is 9.59 Å². The third kappa shape index (κ3) is 5.41. The number of carbonyl (C=O) groups excluding carboxylic acids is 1. The Labute approximate surface area is 106 Å². The molecule has 0 radical (unpaired) electrons. The Balaban J connectivity index is 2.33. The summed E-state index contributed by atoms with van der Waals surface area (Å²) in [5.41, 5.74) is 0. The van der Waals surface area contributed by atoms with Gasteiger partial charge in [0.1, 0.15) is 6.04 Å². The molecule has 1 rings (SSSR count). The Kier molecular flexibility index (Phi) is 6.36. The minimum Gasteiger partial charge on any atom is -0.480 e. The van der Waals surface area contributed by atoms with Gasteiger partial charge < -0.3 is 15.7 Å². The molecule has 98 valence electrons. The number of nitrogens with one attached hydrogen (secondary N) is 2. The van der Waals surface area contributed by atoms with Crippen LogP contribution in [-0.2, 0) is 9.59 Å². The largest absolute Gasteiger partial charge is 0.480 e. The van der Waals surface area contributed by atoms with Crippen LogP contribution in [0.5, 0.6) is 0 Å². The Hall–Kier alpha value is -0.750. The average Bonchev–Trinajstić information content (AvgIpc) is 2.29. The van der Waals surface area contributed by atoms with E-state index in [-0.39, 0.29) is 11.9 Å². The van der Waals surface area contributed by atoms with Gasteiger partial charge in [-0.3, -0.25) is 4.79 Å². The van der Waals surface area contributed by atoms with Gasteiger partial charge in [-0.25, -0.2) is 4.79 Å². The van der Waals surface area contributed by atoms with Crippen molar-refractivity contribution in [2.24, 2.45) is 0 Å². The zero-order chi connectivity index (χ0) is 12.7. The molecule has 5 nitrogen and oxygen atoms in total. The molecule has 6 heteroatoms. The maximum absolute atomic E-state index is 11.7. The number of carbonyl (C=O) groups is 2. The molecular formula is C11H20N2O3S. The fraction of sp³-hybridized carbons (Fsp3) is 0.818. The number of aliphatic carboxylic acids is 1. The smallest absolute Gasteiger partial charge is 0.326 e. The maximum atomic E-state index is 11.7. The van der Waals surface area contributed by atoms with E-state index in [1.54, 1.807) is 0 Å². The fourth-order valence-corrected chi connectivity index (χ4v) is 2.72. The molecule has 17 heavy (non-hydrogen) atoms. The summed E-state index contributed by atoms with van der Waals surface area (Å²) >= 11 is 1.82. The quantitative estimate of drug-likeness (QED) is 0.646. The van der Waals surface area contributed by atoms with Crippen LogP contribution < -0.4 is 10.6 Å². The van der Waals surface area contributed by atoms with E-state index in [1.807, 2.05) is 18.7 Å². The lowest BCUT2D eigenvalue weighted by Crippen LogP contribution is -2.45. The molecule has 1 heterocycles. The second kappa shape index (κ2) is 7.55. The minimum absolute atomic E-state index is 0.171. The first-order valence-corrected chi connectivity index (χ1v) is 7.12. The van der Waals surface area contributed by atoms with Crippen LogP contribution in [0.1, 0.15) is 26.2 Å². The second-order valence-corrected chi connectivity index (χ2v) is 5.33. The highest BCUT2D eigenvalue weighted by Crippen LogP contribution is 2.10. The summed E-state index contributed by atoms with van der Waals surface area (Å²) in [6.45, 7) is 2.82. The molecule has 2 atom stereocenters. The van der Waals surface area contributed by atoms with Gasteiger partial charge in [-0.2, -0.15) is 11.8 Å². The predicted octanol–water partition coefficient (Wildman–Crippen LogP) is 0.451. The molecule has 1 fully saturated rings. The van der Waals surface area contributed by atoms with E-state index < -0.39 is 12.0 Å². The SMILES string of the molecule is CCCC(NC(=O)CC1CSCCN1)C(=O)O. The maximum Gasteiger partial charge on any atom is 0.326 e. The number of hydrogen-bond donors (Lipinski definition) is 3. The minimum atomic E-state index is -0.953. The van der Waals surface area contributed by atoms with Crippen molar-refractivity contribution in [1.29, 1.82) is 0 Å². The van der Waals surface area contributed by atoms with Crippen molar-refractivity contribution in [3.05, 3.63) is 0 Å². The third-order valence-corrected chi connectivity index (χ3v) is 3.77. The zero-order valence-corrected chi connectivity index (χ0v) is 10.9. The average molecular weight is 260 g/mol. The summed E-state index contributed by atoms with van der Waals surface area (Å²) < 4.78 is 0. The highest BCUT2D eigenvalue weighted by molar-refractivity contribution is 7.99. The van der Waals surface area contributed by atoms with Crippen LogP contribution in [0, 0.1) is 0 Å². The van der Waals surface area contributed by atoms with E-state index >= 15 is 0 Å².